The van der Waals surface area contributed by atoms with Crippen molar-refractivity contribution in [2.45, 2.75) is 27.2 Å². The number of hydrogen-bond donors (Lipinski definition) is 0. The first kappa shape index (κ1) is 14.4. The van der Waals surface area contributed by atoms with Crippen LogP contribution in [0.15, 0.2) is 36.4 Å². The van der Waals surface area contributed by atoms with Gasteiger partial charge in [0.05, 0.1) is 13.7 Å². The highest BCUT2D eigenvalue weighted by Crippen LogP contribution is 2.33. The molecule has 20 heavy (non-hydrogen) atoms. The normalized spacial score (nSPS) is 10.4. The van der Waals surface area contributed by atoms with E-state index in [-0.39, 0.29) is 0 Å². The van der Waals surface area contributed by atoms with Crippen LogP contribution in [0.25, 0.3) is 11.1 Å². The van der Waals surface area contributed by atoms with Crippen molar-refractivity contribution < 1.29 is 9.47 Å². The van der Waals surface area contributed by atoms with Gasteiger partial charge in [-0.05, 0) is 49.1 Å². The minimum atomic E-state index is 0.745. The second-order valence-electron chi connectivity index (χ2n) is 5.03. The molecule has 2 heteroatoms. The van der Waals surface area contributed by atoms with E-state index < -0.39 is 0 Å². The molecule has 0 aliphatic rings. The Bertz CT molecular complexity index is 588. The molecule has 0 aliphatic carbocycles. The molecule has 2 aromatic carbocycles. The van der Waals surface area contributed by atoms with Gasteiger partial charge in [0.2, 0.25) is 0 Å². The minimum Gasteiger partial charge on any atom is -0.496 e. The van der Waals surface area contributed by atoms with Crippen molar-refractivity contribution in [1.29, 1.82) is 0 Å². The first-order valence-corrected chi connectivity index (χ1v) is 7.04. The Kier molecular flexibility index (Phi) is 4.67. The summed E-state index contributed by atoms with van der Waals surface area (Å²) in [5.74, 6) is 1.85. The largest absolute Gasteiger partial charge is 0.496 e. The monoisotopic (exact) mass is 270 g/mol. The summed E-state index contributed by atoms with van der Waals surface area (Å²) in [5, 5.41) is 0. The van der Waals surface area contributed by atoms with E-state index in [2.05, 4.69) is 57.2 Å². The number of aryl methyl sites for hydroxylation is 2. The minimum absolute atomic E-state index is 0.745. The van der Waals surface area contributed by atoms with E-state index in [0.29, 0.717) is 0 Å². The Morgan fingerprint density at radius 2 is 1.75 bits per heavy atom. The summed E-state index contributed by atoms with van der Waals surface area (Å²) in [4.78, 5) is 0. The lowest BCUT2D eigenvalue weighted by Crippen LogP contribution is -1.97. The molecule has 0 aliphatic heterocycles. The second kappa shape index (κ2) is 6.47. The van der Waals surface area contributed by atoms with E-state index in [9.17, 15) is 0 Å². The molecule has 0 fully saturated rings. The molecule has 0 unspecified atom stereocenters. The summed E-state index contributed by atoms with van der Waals surface area (Å²) in [6.45, 7) is 7.00. The Morgan fingerprint density at radius 1 is 0.950 bits per heavy atom. The maximum Gasteiger partial charge on any atom is 0.126 e. The molecule has 0 spiro atoms. The van der Waals surface area contributed by atoms with Crippen LogP contribution in [0.5, 0.6) is 11.5 Å². The van der Waals surface area contributed by atoms with Gasteiger partial charge in [0, 0.05) is 5.56 Å². The molecule has 0 bridgehead atoms. The lowest BCUT2D eigenvalue weighted by molar-refractivity contribution is 0.315. The molecule has 106 valence electrons. The Labute approximate surface area is 121 Å². The average molecular weight is 270 g/mol. The predicted octanol–water partition coefficient (Wildman–Crippen LogP) is 4.77. The van der Waals surface area contributed by atoms with Gasteiger partial charge in [-0.25, -0.2) is 0 Å². The van der Waals surface area contributed by atoms with E-state index in [1.54, 1.807) is 7.11 Å². The van der Waals surface area contributed by atoms with E-state index in [1.807, 2.05) is 0 Å². The molecule has 2 nitrogen and oxygen atoms in total. The van der Waals surface area contributed by atoms with Gasteiger partial charge in [-0.1, -0.05) is 31.2 Å². The molecule has 2 aromatic rings. The second-order valence-corrected chi connectivity index (χ2v) is 5.03. The van der Waals surface area contributed by atoms with Crippen molar-refractivity contribution in [1.82, 2.24) is 0 Å². The number of ether oxygens (including phenoxy) is 2. The van der Waals surface area contributed by atoms with E-state index in [4.69, 9.17) is 9.47 Å². The first-order valence-electron chi connectivity index (χ1n) is 7.04. The van der Waals surface area contributed by atoms with Crippen molar-refractivity contribution in [3.05, 3.63) is 47.5 Å². The van der Waals surface area contributed by atoms with E-state index in [1.165, 1.54) is 5.56 Å². The van der Waals surface area contributed by atoms with Crippen LogP contribution in [-0.4, -0.2) is 13.7 Å². The van der Waals surface area contributed by atoms with Crippen molar-refractivity contribution in [2.24, 2.45) is 0 Å². The van der Waals surface area contributed by atoms with Gasteiger partial charge in [-0.2, -0.15) is 0 Å². The molecule has 0 aromatic heterocycles. The zero-order valence-corrected chi connectivity index (χ0v) is 12.7. The third kappa shape index (κ3) is 3.13. The van der Waals surface area contributed by atoms with Crippen LogP contribution >= 0.6 is 0 Å². The molecule has 0 saturated carbocycles. The quantitative estimate of drug-likeness (QED) is 0.779. The molecule has 0 radical (unpaired) electrons. The van der Waals surface area contributed by atoms with Gasteiger partial charge in [0.1, 0.15) is 11.5 Å². The predicted molar refractivity (Wildman–Crippen MR) is 83.7 cm³/mol. The zero-order chi connectivity index (χ0) is 14.5. The fraction of sp³-hybridized carbons (Fsp3) is 0.333. The van der Waals surface area contributed by atoms with Crippen LogP contribution in [-0.2, 0) is 0 Å². The number of hydrogen-bond acceptors (Lipinski definition) is 2. The van der Waals surface area contributed by atoms with E-state index in [0.717, 1.165) is 41.2 Å². The summed E-state index contributed by atoms with van der Waals surface area (Å²) < 4.78 is 11.3. The lowest BCUT2D eigenvalue weighted by atomic mass is 10.0. The Hall–Kier alpha value is -1.96. The highest BCUT2D eigenvalue weighted by molar-refractivity contribution is 5.72. The van der Waals surface area contributed by atoms with Crippen LogP contribution < -0.4 is 9.47 Å². The standard InChI is InChI=1S/C18H22O2/c1-5-10-20-17-12-15(8-7-14(17)3)16-9-6-13(2)11-18(16)19-4/h6-9,11-12H,5,10H2,1-4H3. The van der Waals surface area contributed by atoms with Crippen LogP contribution in [0.3, 0.4) is 0 Å². The van der Waals surface area contributed by atoms with E-state index >= 15 is 0 Å². The maximum atomic E-state index is 5.80. The Morgan fingerprint density at radius 3 is 2.45 bits per heavy atom. The molecule has 2 rings (SSSR count). The zero-order valence-electron chi connectivity index (χ0n) is 12.7. The SMILES string of the molecule is CCCOc1cc(-c2ccc(C)cc2OC)ccc1C. The summed E-state index contributed by atoms with van der Waals surface area (Å²) in [6.07, 6.45) is 1.01. The number of benzene rings is 2. The van der Waals surface area contributed by atoms with Crippen LogP contribution in [0.1, 0.15) is 24.5 Å². The van der Waals surface area contributed by atoms with Gasteiger partial charge in [-0.15, -0.1) is 0 Å². The van der Waals surface area contributed by atoms with Crippen molar-refractivity contribution in [3.63, 3.8) is 0 Å². The fourth-order valence-electron chi connectivity index (χ4n) is 2.17. The molecular formula is C18H22O2. The molecule has 0 saturated heterocycles. The van der Waals surface area contributed by atoms with Crippen LogP contribution in [0, 0.1) is 13.8 Å². The summed E-state index contributed by atoms with van der Waals surface area (Å²) in [7, 11) is 1.71. The number of rotatable bonds is 5. The van der Waals surface area contributed by atoms with Gasteiger partial charge in [-0.3, -0.25) is 0 Å². The lowest BCUT2D eigenvalue weighted by Gasteiger charge is -2.13. The Balaban J connectivity index is 2.42. The molecule has 0 N–H and O–H groups in total. The summed E-state index contributed by atoms with van der Waals surface area (Å²) >= 11 is 0. The molecule has 0 atom stereocenters. The van der Waals surface area contributed by atoms with Gasteiger partial charge >= 0.3 is 0 Å². The van der Waals surface area contributed by atoms with Crippen molar-refractivity contribution >= 4 is 0 Å². The highest BCUT2D eigenvalue weighted by atomic mass is 16.5. The molecule has 0 heterocycles. The smallest absolute Gasteiger partial charge is 0.126 e. The van der Waals surface area contributed by atoms with Gasteiger partial charge in [0.15, 0.2) is 0 Å². The van der Waals surface area contributed by atoms with Crippen LogP contribution in [0.2, 0.25) is 0 Å². The third-order valence-corrected chi connectivity index (χ3v) is 3.32. The average Bonchev–Trinajstić information content (AvgIpc) is 2.46. The van der Waals surface area contributed by atoms with Gasteiger partial charge in [0.25, 0.3) is 0 Å². The fourth-order valence-corrected chi connectivity index (χ4v) is 2.17. The summed E-state index contributed by atoms with van der Waals surface area (Å²) in [5.41, 5.74) is 4.58. The molecular weight excluding hydrogens is 248 g/mol. The number of methoxy groups -OCH3 is 1. The third-order valence-electron chi connectivity index (χ3n) is 3.32. The molecule has 0 amide bonds. The van der Waals surface area contributed by atoms with Gasteiger partial charge < -0.3 is 9.47 Å². The van der Waals surface area contributed by atoms with Crippen molar-refractivity contribution in [2.75, 3.05) is 13.7 Å². The topological polar surface area (TPSA) is 18.5 Å². The van der Waals surface area contributed by atoms with Crippen molar-refractivity contribution in [3.8, 4) is 22.6 Å². The summed E-state index contributed by atoms with van der Waals surface area (Å²) in [6, 6.07) is 12.6. The first-order chi connectivity index (χ1) is 9.65. The maximum absolute atomic E-state index is 5.80. The van der Waals surface area contributed by atoms with Crippen LogP contribution in [0.4, 0.5) is 0 Å². The highest BCUT2D eigenvalue weighted by Gasteiger charge is 2.08.